The van der Waals surface area contributed by atoms with E-state index >= 15 is 0 Å². The van der Waals surface area contributed by atoms with E-state index in [9.17, 15) is 5.11 Å². The van der Waals surface area contributed by atoms with Crippen molar-refractivity contribution in [1.29, 1.82) is 0 Å². The molecular formula is C23H35NO3. The van der Waals surface area contributed by atoms with Gasteiger partial charge in [0, 0.05) is 19.1 Å². The Labute approximate surface area is 163 Å². The number of hydrogen-bond donors (Lipinski definition) is 1. The summed E-state index contributed by atoms with van der Waals surface area (Å²) in [5.41, 5.74) is 2.71. The Bertz CT molecular complexity index is 655. The summed E-state index contributed by atoms with van der Waals surface area (Å²) in [4.78, 5) is 2.59. The van der Waals surface area contributed by atoms with Gasteiger partial charge in [0.25, 0.3) is 0 Å². The first kappa shape index (κ1) is 19.1. The van der Waals surface area contributed by atoms with Crippen molar-refractivity contribution in [2.24, 2.45) is 17.8 Å². The molecule has 27 heavy (non-hydrogen) atoms. The molecule has 4 nitrogen and oxygen atoms in total. The lowest BCUT2D eigenvalue weighted by Gasteiger charge is -2.46. The molecule has 1 saturated carbocycles. The van der Waals surface area contributed by atoms with E-state index in [0.717, 1.165) is 56.4 Å². The Morgan fingerprint density at radius 2 is 1.96 bits per heavy atom. The number of ether oxygens (including phenoxy) is 2. The van der Waals surface area contributed by atoms with E-state index < -0.39 is 0 Å². The maximum atomic E-state index is 10.8. The number of hydrogen-bond acceptors (Lipinski definition) is 4. The van der Waals surface area contributed by atoms with Gasteiger partial charge < -0.3 is 14.6 Å². The van der Waals surface area contributed by atoms with Crippen LogP contribution >= 0.6 is 0 Å². The average molecular weight is 374 g/mol. The van der Waals surface area contributed by atoms with Gasteiger partial charge >= 0.3 is 0 Å². The molecule has 3 atom stereocenters. The van der Waals surface area contributed by atoms with Crippen LogP contribution in [0.3, 0.4) is 0 Å². The van der Waals surface area contributed by atoms with Crippen LogP contribution < -0.4 is 9.47 Å². The van der Waals surface area contributed by atoms with Crippen molar-refractivity contribution in [2.45, 2.75) is 65.0 Å². The fraction of sp³-hybridized carbons (Fsp3) is 0.739. The molecule has 3 aliphatic rings. The summed E-state index contributed by atoms with van der Waals surface area (Å²) < 4.78 is 12.0. The van der Waals surface area contributed by atoms with Crippen molar-refractivity contribution in [1.82, 2.24) is 4.90 Å². The maximum Gasteiger partial charge on any atom is 0.161 e. The van der Waals surface area contributed by atoms with E-state index in [1.165, 1.54) is 24.0 Å². The zero-order chi connectivity index (χ0) is 19.0. The zero-order valence-electron chi connectivity index (χ0n) is 17.1. The zero-order valence-corrected chi connectivity index (χ0v) is 17.1. The molecule has 2 fully saturated rings. The highest BCUT2D eigenvalue weighted by Gasteiger charge is 2.38. The van der Waals surface area contributed by atoms with Gasteiger partial charge in [-0.15, -0.1) is 0 Å². The molecule has 3 unspecified atom stereocenters. The van der Waals surface area contributed by atoms with Gasteiger partial charge in [-0.2, -0.15) is 0 Å². The van der Waals surface area contributed by atoms with Gasteiger partial charge in [-0.05, 0) is 80.0 Å². The van der Waals surface area contributed by atoms with E-state index in [1.54, 1.807) is 0 Å². The fourth-order valence-electron chi connectivity index (χ4n) is 4.81. The molecule has 0 amide bonds. The Balaban J connectivity index is 1.57. The first-order valence-electron chi connectivity index (χ1n) is 10.9. The summed E-state index contributed by atoms with van der Waals surface area (Å²) in [7, 11) is 0. The molecule has 2 aliphatic heterocycles. The second kappa shape index (κ2) is 8.00. The van der Waals surface area contributed by atoms with Gasteiger partial charge in [0.15, 0.2) is 11.5 Å². The Morgan fingerprint density at radius 3 is 2.67 bits per heavy atom. The first-order chi connectivity index (χ1) is 13.0. The molecule has 1 saturated heterocycles. The van der Waals surface area contributed by atoms with Crippen LogP contribution in [0.5, 0.6) is 11.5 Å². The molecule has 2 heterocycles. The molecule has 1 aliphatic carbocycles. The second-order valence-electron chi connectivity index (χ2n) is 9.14. The number of piperidine rings is 1. The highest BCUT2D eigenvalue weighted by molar-refractivity contribution is 5.49. The Kier molecular flexibility index (Phi) is 5.65. The molecule has 150 valence electrons. The predicted octanol–water partition coefficient (Wildman–Crippen LogP) is 4.20. The summed E-state index contributed by atoms with van der Waals surface area (Å²) >= 11 is 0. The summed E-state index contributed by atoms with van der Waals surface area (Å²) in [6.07, 6.45) is 5.36. The largest absolute Gasteiger partial charge is 0.490 e. The third kappa shape index (κ3) is 4.27. The van der Waals surface area contributed by atoms with Gasteiger partial charge in [-0.25, -0.2) is 0 Å². The summed E-state index contributed by atoms with van der Waals surface area (Å²) in [5.74, 6) is 3.54. The molecule has 0 radical (unpaired) electrons. The number of aliphatic hydroxyl groups excluding tert-OH is 1. The van der Waals surface area contributed by atoms with E-state index in [0.29, 0.717) is 24.5 Å². The molecule has 1 aromatic rings. The third-order valence-corrected chi connectivity index (χ3v) is 6.40. The fourth-order valence-corrected chi connectivity index (χ4v) is 4.81. The van der Waals surface area contributed by atoms with Crippen LogP contribution in [0.25, 0.3) is 0 Å². The summed E-state index contributed by atoms with van der Waals surface area (Å²) in [6.45, 7) is 10.1. The molecule has 1 aromatic carbocycles. The van der Waals surface area contributed by atoms with E-state index in [-0.39, 0.29) is 6.10 Å². The van der Waals surface area contributed by atoms with Crippen LogP contribution in [0, 0.1) is 17.8 Å². The van der Waals surface area contributed by atoms with Gasteiger partial charge in [-0.3, -0.25) is 4.90 Å². The number of aliphatic hydroxyl groups is 1. The van der Waals surface area contributed by atoms with Gasteiger partial charge in [0.2, 0.25) is 0 Å². The van der Waals surface area contributed by atoms with Crippen molar-refractivity contribution in [2.75, 3.05) is 26.3 Å². The number of fused-ring (bicyclic) bond motifs is 3. The van der Waals surface area contributed by atoms with Crippen molar-refractivity contribution >= 4 is 0 Å². The lowest BCUT2D eigenvalue weighted by molar-refractivity contribution is -0.0192. The lowest BCUT2D eigenvalue weighted by Crippen LogP contribution is -2.48. The number of nitrogens with zero attached hydrogens (tertiary/aromatic N) is 1. The summed E-state index contributed by atoms with van der Waals surface area (Å²) in [6, 6.07) is 4.73. The minimum atomic E-state index is -0.206. The van der Waals surface area contributed by atoms with Gasteiger partial charge in [0.05, 0.1) is 19.3 Å². The highest BCUT2D eigenvalue weighted by Crippen LogP contribution is 2.44. The van der Waals surface area contributed by atoms with Crippen LogP contribution in [0.15, 0.2) is 12.1 Å². The topological polar surface area (TPSA) is 41.9 Å². The first-order valence-corrected chi connectivity index (χ1v) is 10.9. The normalized spacial score (nSPS) is 28.0. The third-order valence-electron chi connectivity index (χ3n) is 6.40. The maximum absolute atomic E-state index is 10.8. The average Bonchev–Trinajstić information content (AvgIpc) is 3.45. The van der Waals surface area contributed by atoms with Crippen LogP contribution in [0.2, 0.25) is 0 Å². The minimum Gasteiger partial charge on any atom is -0.490 e. The molecule has 4 heteroatoms. The van der Waals surface area contributed by atoms with Crippen molar-refractivity contribution in [3.05, 3.63) is 23.3 Å². The standard InChI is InChI=1S/C23H35NO3/c1-4-26-22-10-17-7-8-24-13-18(9-15(2)3)21(25)12-20(24)19(17)11-23(22)27-14-16-5-6-16/h10-11,15-16,18,20-21,25H,4-9,12-14H2,1-3H3. The Morgan fingerprint density at radius 1 is 1.19 bits per heavy atom. The van der Waals surface area contributed by atoms with Crippen molar-refractivity contribution < 1.29 is 14.6 Å². The molecule has 1 N–H and O–H groups in total. The SMILES string of the molecule is CCOc1cc2c(cc1OCC1CC1)C1CC(O)C(CC(C)C)CN1CC2. The van der Waals surface area contributed by atoms with E-state index in [2.05, 4.69) is 30.9 Å². The molecule has 0 spiro atoms. The van der Waals surface area contributed by atoms with Crippen LogP contribution in [-0.4, -0.2) is 42.4 Å². The Hall–Kier alpha value is -1.26. The minimum absolute atomic E-state index is 0.206. The molecule has 4 rings (SSSR count). The van der Waals surface area contributed by atoms with Crippen molar-refractivity contribution in [3.8, 4) is 11.5 Å². The van der Waals surface area contributed by atoms with E-state index in [4.69, 9.17) is 9.47 Å². The van der Waals surface area contributed by atoms with Crippen molar-refractivity contribution in [3.63, 3.8) is 0 Å². The van der Waals surface area contributed by atoms with Crippen LogP contribution in [0.1, 0.15) is 63.6 Å². The highest BCUT2D eigenvalue weighted by atomic mass is 16.5. The van der Waals surface area contributed by atoms with E-state index in [1.807, 2.05) is 6.92 Å². The number of benzene rings is 1. The number of rotatable bonds is 7. The predicted molar refractivity (Wildman–Crippen MR) is 107 cm³/mol. The molecule has 0 bridgehead atoms. The molecule has 0 aromatic heterocycles. The van der Waals surface area contributed by atoms with Gasteiger partial charge in [-0.1, -0.05) is 13.8 Å². The quantitative estimate of drug-likeness (QED) is 0.778. The lowest BCUT2D eigenvalue weighted by atomic mass is 9.79. The van der Waals surface area contributed by atoms with Gasteiger partial charge in [0.1, 0.15) is 0 Å². The van der Waals surface area contributed by atoms with Crippen LogP contribution in [0.4, 0.5) is 0 Å². The molecular weight excluding hydrogens is 338 g/mol. The summed E-state index contributed by atoms with van der Waals surface area (Å²) in [5, 5.41) is 10.8. The smallest absolute Gasteiger partial charge is 0.161 e. The monoisotopic (exact) mass is 373 g/mol. The van der Waals surface area contributed by atoms with Crippen LogP contribution in [-0.2, 0) is 6.42 Å². The second-order valence-corrected chi connectivity index (χ2v) is 9.14.